The lowest BCUT2D eigenvalue weighted by Crippen LogP contribution is -2.57. The summed E-state index contributed by atoms with van der Waals surface area (Å²) in [7, 11) is 0. The number of carboxylic acid groups (broad SMARTS) is 1. The molecule has 0 aromatic carbocycles. The van der Waals surface area contributed by atoms with Gasteiger partial charge in [0.2, 0.25) is 0 Å². The van der Waals surface area contributed by atoms with Crippen LogP contribution in [0.3, 0.4) is 0 Å². The molecule has 1 rings (SSSR count). The van der Waals surface area contributed by atoms with Crippen molar-refractivity contribution < 1.29 is 15.0 Å². The van der Waals surface area contributed by atoms with Gasteiger partial charge in [-0.3, -0.25) is 4.79 Å². The second-order valence-electron chi connectivity index (χ2n) is 3.81. The first-order valence-electron chi connectivity index (χ1n) is 4.73. The van der Waals surface area contributed by atoms with Crippen molar-refractivity contribution >= 4 is 5.97 Å². The first kappa shape index (κ1) is 10.5. The molecule has 1 aliphatic rings. The first-order chi connectivity index (χ1) is 6.07. The zero-order chi connectivity index (χ0) is 9.90. The van der Waals surface area contributed by atoms with Gasteiger partial charge in [0.15, 0.2) is 0 Å². The van der Waals surface area contributed by atoms with Crippen molar-refractivity contribution in [1.29, 1.82) is 0 Å². The Morgan fingerprint density at radius 3 is 2.54 bits per heavy atom. The van der Waals surface area contributed by atoms with Crippen LogP contribution in [0, 0.1) is 0 Å². The van der Waals surface area contributed by atoms with Crippen LogP contribution in [0.5, 0.6) is 0 Å². The van der Waals surface area contributed by atoms with Crippen LogP contribution in [0.15, 0.2) is 0 Å². The minimum absolute atomic E-state index is 0.363. The lowest BCUT2D eigenvalue weighted by molar-refractivity contribution is -0.148. The van der Waals surface area contributed by atoms with Crippen LogP contribution in [-0.2, 0) is 4.79 Å². The molecule has 0 aromatic heterocycles. The number of rotatable bonds is 5. The van der Waals surface area contributed by atoms with Crippen LogP contribution < -0.4 is 5.32 Å². The van der Waals surface area contributed by atoms with E-state index in [9.17, 15) is 4.79 Å². The maximum atomic E-state index is 10.9. The molecule has 13 heavy (non-hydrogen) atoms. The van der Waals surface area contributed by atoms with Gasteiger partial charge < -0.3 is 15.5 Å². The highest BCUT2D eigenvalue weighted by atomic mass is 16.4. The fourth-order valence-corrected chi connectivity index (χ4v) is 1.52. The molecule has 0 heterocycles. The number of aliphatic hydroxyl groups excluding tert-OH is 1. The highest BCUT2D eigenvalue weighted by Crippen LogP contribution is 2.31. The summed E-state index contributed by atoms with van der Waals surface area (Å²) < 4.78 is 0. The Balaban J connectivity index is 2.28. The number of nitrogens with one attached hydrogen (secondary N) is 1. The molecule has 1 aliphatic carbocycles. The van der Waals surface area contributed by atoms with E-state index in [-0.39, 0.29) is 6.10 Å². The number of carboxylic acids is 1. The van der Waals surface area contributed by atoms with Gasteiger partial charge in [-0.25, -0.2) is 0 Å². The van der Waals surface area contributed by atoms with Gasteiger partial charge in [-0.15, -0.1) is 0 Å². The number of hydrogen-bond acceptors (Lipinski definition) is 3. The van der Waals surface area contributed by atoms with Crippen molar-refractivity contribution in [2.45, 2.75) is 44.2 Å². The molecule has 0 radical (unpaired) electrons. The van der Waals surface area contributed by atoms with Gasteiger partial charge in [0.05, 0.1) is 6.10 Å². The molecule has 0 bridgehead atoms. The Bertz CT molecular complexity index is 187. The summed E-state index contributed by atoms with van der Waals surface area (Å²) in [6.45, 7) is 2.28. The van der Waals surface area contributed by atoms with Crippen molar-refractivity contribution in [3.05, 3.63) is 0 Å². The zero-order valence-electron chi connectivity index (χ0n) is 7.92. The van der Waals surface area contributed by atoms with E-state index in [1.54, 1.807) is 6.92 Å². The third-order valence-corrected chi connectivity index (χ3v) is 2.64. The number of aliphatic hydroxyl groups is 1. The van der Waals surface area contributed by atoms with E-state index < -0.39 is 11.5 Å². The summed E-state index contributed by atoms with van der Waals surface area (Å²) in [5, 5.41) is 20.9. The standard InChI is InChI=1S/C9H17NO3/c1-7(11)3-6-10-9(8(12)13)4-2-5-9/h7,10-11H,2-6H2,1H3,(H,12,13). The molecule has 1 fully saturated rings. The average molecular weight is 187 g/mol. The van der Waals surface area contributed by atoms with Crippen LogP contribution in [0.4, 0.5) is 0 Å². The van der Waals surface area contributed by atoms with Crippen molar-refractivity contribution in [2.75, 3.05) is 6.54 Å². The van der Waals surface area contributed by atoms with Crippen LogP contribution in [0.2, 0.25) is 0 Å². The lowest BCUT2D eigenvalue weighted by Gasteiger charge is -2.38. The molecule has 1 atom stereocenters. The summed E-state index contributed by atoms with van der Waals surface area (Å²) in [6.07, 6.45) is 2.64. The van der Waals surface area contributed by atoms with Gasteiger partial charge in [-0.2, -0.15) is 0 Å². The van der Waals surface area contributed by atoms with E-state index in [4.69, 9.17) is 10.2 Å². The highest BCUT2D eigenvalue weighted by Gasteiger charge is 2.43. The Morgan fingerprint density at radius 1 is 1.62 bits per heavy atom. The molecular formula is C9H17NO3. The van der Waals surface area contributed by atoms with Gasteiger partial charge in [0.1, 0.15) is 5.54 Å². The smallest absolute Gasteiger partial charge is 0.323 e. The van der Waals surface area contributed by atoms with Gasteiger partial charge in [-0.1, -0.05) is 0 Å². The quantitative estimate of drug-likeness (QED) is 0.581. The Labute approximate surface area is 78.0 Å². The van der Waals surface area contributed by atoms with Crippen LogP contribution in [0.25, 0.3) is 0 Å². The van der Waals surface area contributed by atoms with E-state index in [1.165, 1.54) is 0 Å². The summed E-state index contributed by atoms with van der Waals surface area (Å²) in [5.41, 5.74) is -0.686. The minimum atomic E-state index is -0.760. The molecule has 3 N–H and O–H groups in total. The van der Waals surface area contributed by atoms with Crippen LogP contribution in [0.1, 0.15) is 32.6 Å². The van der Waals surface area contributed by atoms with Crippen LogP contribution >= 0.6 is 0 Å². The summed E-state index contributed by atoms with van der Waals surface area (Å²) >= 11 is 0. The summed E-state index contributed by atoms with van der Waals surface area (Å²) in [6, 6.07) is 0. The van der Waals surface area contributed by atoms with E-state index in [2.05, 4.69) is 5.32 Å². The topological polar surface area (TPSA) is 69.6 Å². The molecule has 1 saturated carbocycles. The molecule has 0 saturated heterocycles. The maximum Gasteiger partial charge on any atom is 0.323 e. The summed E-state index contributed by atoms with van der Waals surface area (Å²) in [4.78, 5) is 10.9. The number of carbonyl (C=O) groups is 1. The molecule has 0 amide bonds. The molecule has 0 aromatic rings. The van der Waals surface area contributed by atoms with E-state index in [0.29, 0.717) is 25.8 Å². The van der Waals surface area contributed by atoms with Gasteiger partial charge >= 0.3 is 5.97 Å². The third kappa shape index (κ3) is 2.42. The van der Waals surface area contributed by atoms with Gasteiger partial charge in [0, 0.05) is 0 Å². The molecule has 4 nitrogen and oxygen atoms in total. The lowest BCUT2D eigenvalue weighted by atomic mass is 9.77. The Morgan fingerprint density at radius 2 is 2.23 bits per heavy atom. The SMILES string of the molecule is CC(O)CCNC1(C(=O)O)CCC1. The molecule has 0 aliphatic heterocycles. The predicted octanol–water partition coefficient (Wildman–Crippen LogP) is 0.354. The Hall–Kier alpha value is -0.610. The fourth-order valence-electron chi connectivity index (χ4n) is 1.52. The normalized spacial score (nSPS) is 22.0. The number of hydrogen-bond donors (Lipinski definition) is 3. The second kappa shape index (κ2) is 4.07. The predicted molar refractivity (Wildman–Crippen MR) is 48.5 cm³/mol. The van der Waals surface area contributed by atoms with E-state index in [1.807, 2.05) is 0 Å². The largest absolute Gasteiger partial charge is 0.480 e. The van der Waals surface area contributed by atoms with Crippen LogP contribution in [-0.4, -0.2) is 34.4 Å². The molecule has 76 valence electrons. The van der Waals surface area contributed by atoms with Crippen molar-refractivity contribution in [3.63, 3.8) is 0 Å². The minimum Gasteiger partial charge on any atom is -0.480 e. The van der Waals surface area contributed by atoms with Crippen molar-refractivity contribution in [3.8, 4) is 0 Å². The van der Waals surface area contributed by atoms with Crippen molar-refractivity contribution in [1.82, 2.24) is 5.32 Å². The van der Waals surface area contributed by atoms with E-state index >= 15 is 0 Å². The summed E-state index contributed by atoms with van der Waals surface area (Å²) in [5.74, 6) is -0.760. The molecule has 4 heteroatoms. The average Bonchev–Trinajstić information content (AvgIpc) is 1.93. The maximum absolute atomic E-state index is 10.9. The first-order valence-corrected chi connectivity index (χ1v) is 4.73. The van der Waals surface area contributed by atoms with E-state index in [0.717, 1.165) is 6.42 Å². The van der Waals surface area contributed by atoms with Crippen molar-refractivity contribution in [2.24, 2.45) is 0 Å². The Kier molecular flexibility index (Phi) is 3.27. The third-order valence-electron chi connectivity index (χ3n) is 2.64. The fraction of sp³-hybridized carbons (Fsp3) is 0.889. The molecular weight excluding hydrogens is 170 g/mol. The number of aliphatic carboxylic acids is 1. The highest BCUT2D eigenvalue weighted by molar-refractivity contribution is 5.79. The van der Waals surface area contributed by atoms with Gasteiger partial charge in [0.25, 0.3) is 0 Å². The molecule has 1 unspecified atom stereocenters. The molecule has 0 spiro atoms. The monoisotopic (exact) mass is 187 g/mol. The second-order valence-corrected chi connectivity index (χ2v) is 3.81. The van der Waals surface area contributed by atoms with Gasteiger partial charge in [-0.05, 0) is 39.2 Å². The zero-order valence-corrected chi connectivity index (χ0v) is 7.92.